The Bertz CT molecular complexity index is 608. The van der Waals surface area contributed by atoms with E-state index < -0.39 is 0 Å². The molecule has 0 aliphatic heterocycles. The lowest BCUT2D eigenvalue weighted by molar-refractivity contribution is -0.115. The van der Waals surface area contributed by atoms with Gasteiger partial charge in [-0.1, -0.05) is 40.9 Å². The van der Waals surface area contributed by atoms with Crippen molar-refractivity contribution in [3.05, 3.63) is 58.1 Å². The average molecular weight is 340 g/mol. The molecule has 0 spiro atoms. The lowest BCUT2D eigenvalue weighted by Gasteiger charge is -2.06. The topological polar surface area (TPSA) is 29.1 Å². The first-order chi connectivity index (χ1) is 10.0. The number of rotatable bonds is 5. The van der Waals surface area contributed by atoms with E-state index in [4.69, 9.17) is 23.2 Å². The van der Waals surface area contributed by atoms with Gasteiger partial charge >= 0.3 is 0 Å². The van der Waals surface area contributed by atoms with E-state index >= 15 is 0 Å². The number of carbonyl (C=O) groups excluding carboxylic acids is 1. The zero-order valence-electron chi connectivity index (χ0n) is 11.5. The molecule has 2 aromatic rings. The van der Waals surface area contributed by atoms with Crippen LogP contribution in [0.3, 0.4) is 0 Å². The second-order valence-electron chi connectivity index (χ2n) is 4.62. The molecule has 0 heterocycles. The van der Waals surface area contributed by atoms with E-state index in [0.717, 1.165) is 5.75 Å². The molecule has 0 radical (unpaired) electrons. The van der Waals surface area contributed by atoms with Gasteiger partial charge in [0, 0.05) is 32.8 Å². The Morgan fingerprint density at radius 3 is 2.33 bits per heavy atom. The van der Waals surface area contributed by atoms with Crippen molar-refractivity contribution < 1.29 is 4.79 Å². The van der Waals surface area contributed by atoms with Crippen LogP contribution in [0.15, 0.2) is 47.4 Å². The van der Waals surface area contributed by atoms with Crippen molar-refractivity contribution in [3.8, 4) is 0 Å². The molecule has 2 nitrogen and oxygen atoms in total. The number of nitrogens with one attached hydrogen (secondary N) is 1. The average Bonchev–Trinajstić information content (AvgIpc) is 2.39. The van der Waals surface area contributed by atoms with Crippen LogP contribution >= 0.6 is 35.0 Å². The number of amides is 1. The Hall–Kier alpha value is -1.16. The first kappa shape index (κ1) is 16.2. The summed E-state index contributed by atoms with van der Waals surface area (Å²) in [5.74, 6) is 0.677. The predicted molar refractivity (Wildman–Crippen MR) is 91.6 cm³/mol. The highest BCUT2D eigenvalue weighted by Gasteiger charge is 2.05. The Balaban J connectivity index is 1.80. The second kappa shape index (κ2) is 7.74. The third-order valence-electron chi connectivity index (χ3n) is 2.77. The Morgan fingerprint density at radius 1 is 1.10 bits per heavy atom. The summed E-state index contributed by atoms with van der Waals surface area (Å²) >= 11 is 13.4. The molecule has 0 saturated carbocycles. The minimum absolute atomic E-state index is 0.0482. The maximum atomic E-state index is 11.9. The zero-order chi connectivity index (χ0) is 15.2. The summed E-state index contributed by atoms with van der Waals surface area (Å²) in [6.07, 6.45) is 0.433. The Kier molecular flexibility index (Phi) is 5.97. The molecule has 2 rings (SSSR count). The molecular formula is C16H15Cl2NOS. The van der Waals surface area contributed by atoms with Gasteiger partial charge in [-0.05, 0) is 37.3 Å². The molecule has 21 heavy (non-hydrogen) atoms. The van der Waals surface area contributed by atoms with Crippen LogP contribution in [0.4, 0.5) is 5.69 Å². The number of carbonyl (C=O) groups is 1. The fourth-order valence-electron chi connectivity index (χ4n) is 1.75. The summed E-state index contributed by atoms with van der Waals surface area (Å²) in [5, 5.41) is 3.81. The number of thioether (sulfide) groups is 1. The van der Waals surface area contributed by atoms with Gasteiger partial charge in [0.1, 0.15) is 0 Å². The SMILES string of the molecule is Cc1ccc(SCCC(=O)Nc2cc(Cl)cc(Cl)c2)cc1. The van der Waals surface area contributed by atoms with E-state index in [9.17, 15) is 4.79 Å². The normalized spacial score (nSPS) is 10.4. The lowest BCUT2D eigenvalue weighted by atomic mass is 10.2. The predicted octanol–water partition coefficient (Wildman–Crippen LogP) is 5.42. The number of aryl methyl sites for hydroxylation is 1. The maximum absolute atomic E-state index is 11.9. The Labute approximate surface area is 138 Å². The van der Waals surface area contributed by atoms with Crippen LogP contribution in [-0.2, 0) is 4.79 Å². The van der Waals surface area contributed by atoms with E-state index in [2.05, 4.69) is 36.5 Å². The standard InChI is InChI=1S/C16H15Cl2NOS/c1-11-2-4-15(5-3-11)21-7-6-16(20)19-14-9-12(17)8-13(18)10-14/h2-5,8-10H,6-7H2,1H3,(H,19,20). The maximum Gasteiger partial charge on any atom is 0.225 e. The highest BCUT2D eigenvalue weighted by molar-refractivity contribution is 7.99. The van der Waals surface area contributed by atoms with Crippen LogP contribution < -0.4 is 5.32 Å². The van der Waals surface area contributed by atoms with E-state index in [1.807, 2.05) is 0 Å². The van der Waals surface area contributed by atoms with E-state index in [-0.39, 0.29) is 5.91 Å². The van der Waals surface area contributed by atoms with Crippen LogP contribution in [0.2, 0.25) is 10.0 Å². The van der Waals surface area contributed by atoms with Crippen molar-refractivity contribution >= 4 is 46.6 Å². The van der Waals surface area contributed by atoms with Gasteiger partial charge in [-0.3, -0.25) is 4.79 Å². The van der Waals surface area contributed by atoms with Crippen molar-refractivity contribution in [2.24, 2.45) is 0 Å². The molecule has 2 aromatic carbocycles. The molecule has 1 amide bonds. The smallest absolute Gasteiger partial charge is 0.225 e. The van der Waals surface area contributed by atoms with Crippen LogP contribution in [0.5, 0.6) is 0 Å². The second-order valence-corrected chi connectivity index (χ2v) is 6.66. The van der Waals surface area contributed by atoms with Crippen LogP contribution in [0.1, 0.15) is 12.0 Å². The molecule has 1 N–H and O–H groups in total. The van der Waals surface area contributed by atoms with Gasteiger partial charge in [0.25, 0.3) is 0 Å². The van der Waals surface area contributed by atoms with Gasteiger partial charge in [0.15, 0.2) is 0 Å². The minimum Gasteiger partial charge on any atom is -0.326 e. The first-order valence-corrected chi connectivity index (χ1v) is 8.22. The summed E-state index contributed by atoms with van der Waals surface area (Å²) in [4.78, 5) is 13.0. The molecule has 110 valence electrons. The van der Waals surface area contributed by atoms with Crippen molar-refractivity contribution in [1.29, 1.82) is 0 Å². The Morgan fingerprint density at radius 2 is 1.71 bits per heavy atom. The molecule has 0 bridgehead atoms. The number of benzene rings is 2. The van der Waals surface area contributed by atoms with Crippen molar-refractivity contribution in [1.82, 2.24) is 0 Å². The van der Waals surface area contributed by atoms with E-state index in [1.165, 1.54) is 10.5 Å². The van der Waals surface area contributed by atoms with Crippen LogP contribution in [-0.4, -0.2) is 11.7 Å². The number of anilines is 1. The largest absolute Gasteiger partial charge is 0.326 e. The number of hydrogen-bond acceptors (Lipinski definition) is 2. The molecule has 0 aliphatic carbocycles. The third kappa shape index (κ3) is 5.62. The lowest BCUT2D eigenvalue weighted by Crippen LogP contribution is -2.12. The van der Waals surface area contributed by atoms with Crippen LogP contribution in [0.25, 0.3) is 0 Å². The first-order valence-electron chi connectivity index (χ1n) is 6.48. The highest BCUT2D eigenvalue weighted by Crippen LogP contribution is 2.23. The minimum atomic E-state index is -0.0482. The molecule has 0 fully saturated rings. The summed E-state index contributed by atoms with van der Waals surface area (Å²) in [6.45, 7) is 2.05. The molecule has 0 unspecified atom stereocenters. The molecular weight excluding hydrogens is 325 g/mol. The quantitative estimate of drug-likeness (QED) is 0.736. The monoisotopic (exact) mass is 339 g/mol. The van der Waals surface area contributed by atoms with Gasteiger partial charge in [0.05, 0.1) is 0 Å². The van der Waals surface area contributed by atoms with Gasteiger partial charge in [-0.25, -0.2) is 0 Å². The fraction of sp³-hybridized carbons (Fsp3) is 0.188. The molecule has 5 heteroatoms. The highest BCUT2D eigenvalue weighted by atomic mass is 35.5. The van der Waals surface area contributed by atoms with Crippen molar-refractivity contribution in [3.63, 3.8) is 0 Å². The summed E-state index contributed by atoms with van der Waals surface area (Å²) in [6, 6.07) is 13.2. The molecule has 0 aliphatic rings. The van der Waals surface area contributed by atoms with Gasteiger partial charge in [-0.2, -0.15) is 0 Å². The van der Waals surface area contributed by atoms with Gasteiger partial charge in [-0.15, -0.1) is 11.8 Å². The summed E-state index contributed by atoms with van der Waals surface area (Å²) in [7, 11) is 0. The van der Waals surface area contributed by atoms with Crippen LogP contribution in [0, 0.1) is 6.92 Å². The van der Waals surface area contributed by atoms with Gasteiger partial charge in [0.2, 0.25) is 5.91 Å². The summed E-state index contributed by atoms with van der Waals surface area (Å²) < 4.78 is 0. The number of halogens is 2. The number of hydrogen-bond donors (Lipinski definition) is 1. The summed E-state index contributed by atoms with van der Waals surface area (Å²) in [5.41, 5.74) is 1.85. The van der Waals surface area contributed by atoms with E-state index in [0.29, 0.717) is 22.2 Å². The van der Waals surface area contributed by atoms with Gasteiger partial charge < -0.3 is 5.32 Å². The third-order valence-corrected chi connectivity index (χ3v) is 4.22. The zero-order valence-corrected chi connectivity index (χ0v) is 13.9. The van der Waals surface area contributed by atoms with Crippen molar-refractivity contribution in [2.45, 2.75) is 18.2 Å². The molecule has 0 atom stereocenters. The molecule has 0 aromatic heterocycles. The van der Waals surface area contributed by atoms with E-state index in [1.54, 1.807) is 30.0 Å². The fourth-order valence-corrected chi connectivity index (χ4v) is 3.12. The van der Waals surface area contributed by atoms with Crippen molar-refractivity contribution in [2.75, 3.05) is 11.1 Å². The molecule has 0 saturated heterocycles.